The van der Waals surface area contributed by atoms with Crippen molar-refractivity contribution in [3.63, 3.8) is 0 Å². The SMILES string of the molecule is CC(C)(C)[Si](C)(C)Oc1cc(I)c2c3c1O[C@H]1C(C4OCCO4)CCC4(O)[C@@H](C2)[N+](C)(C)CC[C@]314. The van der Waals surface area contributed by atoms with Crippen LogP contribution in [-0.4, -0.2) is 75.8 Å². The molecular formula is C27H41INO5Si+. The average Bonchev–Trinajstić information content (AvgIpc) is 3.38. The molecule has 2 bridgehead atoms. The second kappa shape index (κ2) is 7.59. The smallest absolute Gasteiger partial charge is 0.250 e. The Bertz CT molecular complexity index is 1060. The van der Waals surface area contributed by atoms with Gasteiger partial charge < -0.3 is 28.2 Å². The van der Waals surface area contributed by atoms with Gasteiger partial charge in [0.1, 0.15) is 23.5 Å². The van der Waals surface area contributed by atoms with E-state index in [2.05, 4.69) is 76.6 Å². The van der Waals surface area contributed by atoms with Crippen LogP contribution < -0.4 is 9.16 Å². The van der Waals surface area contributed by atoms with Gasteiger partial charge >= 0.3 is 0 Å². The highest BCUT2D eigenvalue weighted by molar-refractivity contribution is 14.1. The molecule has 6 rings (SSSR count). The third kappa shape index (κ3) is 3.19. The van der Waals surface area contributed by atoms with Gasteiger partial charge in [0.05, 0.1) is 39.3 Å². The molecule has 5 atom stereocenters. The first-order valence-corrected chi connectivity index (χ1v) is 17.2. The van der Waals surface area contributed by atoms with Crippen LogP contribution in [0.1, 0.15) is 51.2 Å². The minimum atomic E-state index is -2.09. The number of quaternary nitrogens is 1. The Morgan fingerprint density at radius 2 is 1.86 bits per heavy atom. The van der Waals surface area contributed by atoms with Crippen LogP contribution in [0.25, 0.3) is 0 Å². The summed E-state index contributed by atoms with van der Waals surface area (Å²) in [5.41, 5.74) is 1.34. The molecule has 1 aromatic rings. The molecule has 1 N–H and O–H groups in total. The standard InChI is InChI=1S/C27H41INO5Si/c1-25(2,3)35(6,7)34-19-15-18(28)17-14-20-27(30)9-8-16(24-31-12-13-32-24)23-26(27,10-11-29(20,4)5)21(17)22(19)33-23/h15-16,20,23-24,30H,8-14H2,1-7H3/q+1/t16?,20-,23+,26+,27?/m1/s1. The molecular weight excluding hydrogens is 573 g/mol. The van der Waals surface area contributed by atoms with Gasteiger partial charge in [-0.2, -0.15) is 0 Å². The van der Waals surface area contributed by atoms with Crippen molar-refractivity contribution in [1.82, 2.24) is 0 Å². The van der Waals surface area contributed by atoms with Crippen LogP contribution in [0, 0.1) is 9.49 Å². The number of rotatable bonds is 3. The van der Waals surface area contributed by atoms with E-state index in [0.29, 0.717) is 13.2 Å². The fraction of sp³-hybridized carbons (Fsp3) is 0.778. The van der Waals surface area contributed by atoms with Gasteiger partial charge in [-0.15, -0.1) is 0 Å². The Morgan fingerprint density at radius 1 is 1.17 bits per heavy atom. The number of piperidine rings is 1. The van der Waals surface area contributed by atoms with Crippen molar-refractivity contribution in [1.29, 1.82) is 0 Å². The molecule has 2 aliphatic carbocycles. The summed E-state index contributed by atoms with van der Waals surface area (Å²) in [4.78, 5) is 0. The molecule has 3 aliphatic heterocycles. The Morgan fingerprint density at radius 3 is 2.51 bits per heavy atom. The first-order chi connectivity index (χ1) is 16.2. The van der Waals surface area contributed by atoms with Gasteiger partial charge in [-0.25, -0.2) is 0 Å². The van der Waals surface area contributed by atoms with E-state index in [1.807, 2.05) is 0 Å². The molecule has 0 aromatic heterocycles. The second-order valence-corrected chi connectivity index (χ2v) is 19.5. The number of nitrogens with zero attached hydrogens (tertiary/aromatic N) is 1. The Hall–Kier alpha value is -0.393. The summed E-state index contributed by atoms with van der Waals surface area (Å²) < 4.78 is 28.2. The molecule has 2 unspecified atom stereocenters. The first-order valence-electron chi connectivity index (χ1n) is 13.2. The van der Waals surface area contributed by atoms with Crippen molar-refractivity contribution in [2.45, 2.75) is 94.0 Å². The lowest BCUT2D eigenvalue weighted by Gasteiger charge is -2.65. The highest BCUT2D eigenvalue weighted by atomic mass is 127. The third-order valence-electron chi connectivity index (χ3n) is 10.5. The van der Waals surface area contributed by atoms with Gasteiger partial charge in [0.15, 0.2) is 12.0 Å². The van der Waals surface area contributed by atoms with Gasteiger partial charge in [-0.05, 0) is 65.2 Å². The summed E-state index contributed by atoms with van der Waals surface area (Å²) in [6.45, 7) is 13.7. The molecule has 1 saturated carbocycles. The zero-order valence-corrected chi connectivity index (χ0v) is 25.4. The number of ether oxygens (including phenoxy) is 3. The molecule has 1 aromatic carbocycles. The third-order valence-corrected chi connectivity index (χ3v) is 15.8. The van der Waals surface area contributed by atoms with Crippen LogP contribution in [0.5, 0.6) is 11.5 Å². The van der Waals surface area contributed by atoms with E-state index in [0.717, 1.165) is 48.2 Å². The van der Waals surface area contributed by atoms with Gasteiger partial charge in [0.25, 0.3) is 8.32 Å². The van der Waals surface area contributed by atoms with Crippen molar-refractivity contribution >= 4 is 30.9 Å². The average molecular weight is 615 g/mol. The van der Waals surface area contributed by atoms with Crippen LogP contribution in [0.15, 0.2) is 6.07 Å². The molecule has 3 fully saturated rings. The first kappa shape index (κ1) is 24.9. The number of hydrogen-bond acceptors (Lipinski definition) is 5. The normalized spacial score (nSPS) is 37.7. The van der Waals surface area contributed by atoms with Crippen LogP contribution in [0.3, 0.4) is 0 Å². The maximum atomic E-state index is 12.7. The highest BCUT2D eigenvalue weighted by Crippen LogP contribution is 2.68. The quantitative estimate of drug-likeness (QED) is 0.307. The monoisotopic (exact) mass is 614 g/mol. The summed E-state index contributed by atoms with van der Waals surface area (Å²) in [6, 6.07) is 2.36. The summed E-state index contributed by atoms with van der Waals surface area (Å²) in [5.74, 6) is 1.86. The zero-order chi connectivity index (χ0) is 25.2. The maximum Gasteiger partial charge on any atom is 0.250 e. The maximum absolute atomic E-state index is 12.7. The molecule has 35 heavy (non-hydrogen) atoms. The van der Waals surface area contributed by atoms with Crippen LogP contribution in [-0.2, 0) is 21.3 Å². The lowest BCUT2D eigenvalue weighted by Crippen LogP contribution is -2.80. The van der Waals surface area contributed by atoms with Crippen molar-refractivity contribution in [2.75, 3.05) is 33.9 Å². The van der Waals surface area contributed by atoms with E-state index in [-0.39, 0.29) is 29.4 Å². The lowest BCUT2D eigenvalue weighted by molar-refractivity contribution is -0.931. The van der Waals surface area contributed by atoms with Crippen molar-refractivity contribution in [2.24, 2.45) is 5.92 Å². The number of hydrogen-bond donors (Lipinski definition) is 1. The van der Waals surface area contributed by atoms with Crippen LogP contribution >= 0.6 is 22.6 Å². The number of likely N-dealkylation sites (tertiary alicyclic amines) is 1. The fourth-order valence-corrected chi connectivity index (χ4v) is 9.42. The van der Waals surface area contributed by atoms with E-state index in [1.165, 1.54) is 14.7 Å². The van der Waals surface area contributed by atoms with E-state index in [9.17, 15) is 5.11 Å². The van der Waals surface area contributed by atoms with E-state index >= 15 is 0 Å². The van der Waals surface area contributed by atoms with Crippen LogP contribution in [0.2, 0.25) is 18.1 Å². The van der Waals surface area contributed by atoms with E-state index in [4.69, 9.17) is 18.6 Å². The Labute approximate surface area is 224 Å². The van der Waals surface area contributed by atoms with Crippen molar-refractivity contribution in [3.8, 4) is 11.5 Å². The molecule has 8 heteroatoms. The van der Waals surface area contributed by atoms with Gasteiger partial charge in [-0.3, -0.25) is 0 Å². The topological polar surface area (TPSA) is 57.2 Å². The number of halogens is 1. The summed E-state index contributed by atoms with van der Waals surface area (Å²) in [5, 5.41) is 12.8. The largest absolute Gasteiger partial charge is 0.541 e. The minimum absolute atomic E-state index is 0.0803. The Balaban J connectivity index is 1.56. The Kier molecular flexibility index (Phi) is 5.40. The molecule has 0 amide bonds. The van der Waals surface area contributed by atoms with Crippen LogP contribution in [0.4, 0.5) is 0 Å². The summed E-state index contributed by atoms with van der Waals surface area (Å²) in [7, 11) is 2.50. The number of likely N-dealkylation sites (N-methyl/N-ethyl adjacent to an activating group) is 1. The van der Waals surface area contributed by atoms with Gasteiger partial charge in [0.2, 0.25) is 0 Å². The van der Waals surface area contributed by atoms with E-state index < -0.39 is 19.3 Å². The highest BCUT2D eigenvalue weighted by Gasteiger charge is 2.76. The number of benzene rings is 1. The molecule has 6 nitrogen and oxygen atoms in total. The molecule has 0 radical (unpaired) electrons. The second-order valence-electron chi connectivity index (χ2n) is 13.6. The van der Waals surface area contributed by atoms with Crippen molar-refractivity contribution in [3.05, 3.63) is 20.8 Å². The minimum Gasteiger partial charge on any atom is -0.541 e. The summed E-state index contributed by atoms with van der Waals surface area (Å²) >= 11 is 2.50. The predicted octanol–water partition coefficient (Wildman–Crippen LogP) is 4.59. The van der Waals surface area contributed by atoms with Gasteiger partial charge in [0, 0.05) is 27.9 Å². The summed E-state index contributed by atoms with van der Waals surface area (Å²) in [6.07, 6.45) is 2.97. The predicted molar refractivity (Wildman–Crippen MR) is 146 cm³/mol. The zero-order valence-electron chi connectivity index (χ0n) is 22.2. The number of aliphatic hydroxyl groups is 1. The molecule has 194 valence electrons. The fourth-order valence-electron chi connectivity index (χ4n) is 7.64. The van der Waals surface area contributed by atoms with Crippen molar-refractivity contribution < 1.29 is 28.2 Å². The molecule has 3 heterocycles. The lowest BCUT2D eigenvalue weighted by atomic mass is 9.47. The molecule has 5 aliphatic rings. The molecule has 1 spiro atoms. The van der Waals surface area contributed by atoms with E-state index in [1.54, 1.807) is 0 Å². The molecule has 2 saturated heterocycles. The van der Waals surface area contributed by atoms with Gasteiger partial charge in [-0.1, -0.05) is 20.8 Å².